The molecule has 0 fully saturated rings. The number of carboxylic acid groups (broad SMARTS) is 2. The third-order valence-electron chi connectivity index (χ3n) is 2.39. The second-order valence-electron chi connectivity index (χ2n) is 3.83. The van der Waals surface area contributed by atoms with Crippen LogP contribution in [0.2, 0.25) is 0 Å². The van der Waals surface area contributed by atoms with Crippen LogP contribution in [0.15, 0.2) is 18.2 Å². The van der Waals surface area contributed by atoms with Crippen LogP contribution < -0.4 is 11.1 Å². The summed E-state index contributed by atoms with van der Waals surface area (Å²) in [6, 6.07) is 3.96. The topological polar surface area (TPSA) is 113 Å². The number of nitrogens with one attached hydrogen (secondary N) is 1. The van der Waals surface area contributed by atoms with E-state index < -0.39 is 11.9 Å². The minimum absolute atomic E-state index is 0.0452. The largest absolute Gasteiger partial charge is 0.478 e. The maximum Gasteiger partial charge on any atom is 0.335 e. The van der Waals surface area contributed by atoms with E-state index >= 15 is 0 Å². The Morgan fingerprint density at radius 2 is 1.61 bits per heavy atom. The second-order valence-corrected chi connectivity index (χ2v) is 3.83. The number of aromatic carboxylic acids is 2. The minimum Gasteiger partial charge on any atom is -0.478 e. The molecule has 1 rings (SSSR count). The number of benzene rings is 1. The molecule has 0 aliphatic rings. The summed E-state index contributed by atoms with van der Waals surface area (Å²) in [5.74, 6) is -2.30. The zero-order valence-corrected chi connectivity index (χ0v) is 9.85. The maximum atomic E-state index is 10.9. The summed E-state index contributed by atoms with van der Waals surface area (Å²) in [4.78, 5) is 21.7. The first-order valence-corrected chi connectivity index (χ1v) is 5.60. The van der Waals surface area contributed by atoms with Crippen molar-refractivity contribution in [2.75, 3.05) is 18.4 Å². The van der Waals surface area contributed by atoms with E-state index in [-0.39, 0.29) is 11.1 Å². The van der Waals surface area contributed by atoms with Crippen LogP contribution in [-0.2, 0) is 0 Å². The first kappa shape index (κ1) is 14.0. The molecule has 0 spiro atoms. The van der Waals surface area contributed by atoms with Crippen molar-refractivity contribution in [2.24, 2.45) is 5.73 Å². The summed E-state index contributed by atoms with van der Waals surface area (Å²) < 4.78 is 0. The molecule has 0 heterocycles. The Labute approximate surface area is 104 Å². The van der Waals surface area contributed by atoms with Crippen molar-refractivity contribution >= 4 is 17.6 Å². The lowest BCUT2D eigenvalue weighted by Gasteiger charge is -2.08. The highest BCUT2D eigenvalue weighted by Gasteiger charge is 2.11. The van der Waals surface area contributed by atoms with E-state index in [1.165, 1.54) is 12.1 Å². The average Bonchev–Trinajstić information content (AvgIpc) is 2.34. The van der Waals surface area contributed by atoms with Gasteiger partial charge < -0.3 is 21.3 Å². The molecule has 1 aromatic carbocycles. The molecule has 0 aliphatic heterocycles. The van der Waals surface area contributed by atoms with Gasteiger partial charge in [0.1, 0.15) is 0 Å². The van der Waals surface area contributed by atoms with E-state index in [0.29, 0.717) is 18.8 Å². The van der Waals surface area contributed by atoms with Gasteiger partial charge in [0.2, 0.25) is 0 Å². The van der Waals surface area contributed by atoms with Crippen molar-refractivity contribution in [3.05, 3.63) is 29.3 Å². The van der Waals surface area contributed by atoms with Gasteiger partial charge in [0.25, 0.3) is 0 Å². The lowest BCUT2D eigenvalue weighted by molar-refractivity contribution is 0.0696. The van der Waals surface area contributed by atoms with Crippen molar-refractivity contribution in [1.82, 2.24) is 0 Å². The number of hydrogen-bond acceptors (Lipinski definition) is 4. The van der Waals surface area contributed by atoms with Crippen LogP contribution in [-0.4, -0.2) is 35.2 Å². The van der Waals surface area contributed by atoms with Gasteiger partial charge in [-0.15, -0.1) is 0 Å². The highest BCUT2D eigenvalue weighted by Crippen LogP contribution is 2.15. The zero-order valence-electron chi connectivity index (χ0n) is 9.85. The van der Waals surface area contributed by atoms with Crippen LogP contribution in [0.5, 0.6) is 0 Å². The van der Waals surface area contributed by atoms with Gasteiger partial charge in [0.05, 0.1) is 11.1 Å². The van der Waals surface area contributed by atoms with Gasteiger partial charge in [-0.3, -0.25) is 0 Å². The predicted octanol–water partition coefficient (Wildman–Crippen LogP) is 1.23. The van der Waals surface area contributed by atoms with E-state index in [1.54, 1.807) is 0 Å². The standard InChI is InChI=1S/C12H16N2O4/c13-3-1-2-4-14-10-6-8(11(15)16)5-9(7-10)12(17)18/h5-7,14H,1-4,13H2,(H,15,16)(H,17,18). The molecule has 0 aromatic heterocycles. The van der Waals surface area contributed by atoms with Crippen LogP contribution in [0, 0.1) is 0 Å². The molecule has 0 atom stereocenters. The monoisotopic (exact) mass is 252 g/mol. The van der Waals surface area contributed by atoms with Crippen molar-refractivity contribution in [2.45, 2.75) is 12.8 Å². The minimum atomic E-state index is -1.15. The number of hydrogen-bond donors (Lipinski definition) is 4. The van der Waals surface area contributed by atoms with Gasteiger partial charge in [-0.2, -0.15) is 0 Å². The van der Waals surface area contributed by atoms with Gasteiger partial charge in [0.15, 0.2) is 0 Å². The van der Waals surface area contributed by atoms with Gasteiger partial charge in [-0.1, -0.05) is 0 Å². The molecule has 0 amide bonds. The fourth-order valence-corrected chi connectivity index (χ4v) is 1.48. The smallest absolute Gasteiger partial charge is 0.335 e. The number of nitrogens with two attached hydrogens (primary N) is 1. The molecule has 0 aliphatic carbocycles. The Bertz CT molecular complexity index is 413. The molecule has 5 N–H and O–H groups in total. The molecular weight excluding hydrogens is 236 g/mol. The summed E-state index contributed by atoms with van der Waals surface area (Å²) >= 11 is 0. The summed E-state index contributed by atoms with van der Waals surface area (Å²) in [7, 11) is 0. The molecule has 0 radical (unpaired) electrons. The summed E-state index contributed by atoms with van der Waals surface area (Å²) in [5.41, 5.74) is 5.75. The molecule has 0 unspecified atom stereocenters. The van der Waals surface area contributed by atoms with Crippen molar-refractivity contribution < 1.29 is 19.8 Å². The highest BCUT2D eigenvalue weighted by atomic mass is 16.4. The summed E-state index contributed by atoms with van der Waals surface area (Å²) in [6.07, 6.45) is 1.70. The van der Waals surface area contributed by atoms with Crippen LogP contribution in [0.4, 0.5) is 5.69 Å². The Hall–Kier alpha value is -2.08. The number of carboxylic acids is 2. The van der Waals surface area contributed by atoms with Crippen LogP contribution >= 0.6 is 0 Å². The Morgan fingerprint density at radius 1 is 1.06 bits per heavy atom. The predicted molar refractivity (Wildman–Crippen MR) is 67.1 cm³/mol. The number of rotatable bonds is 7. The molecule has 1 aromatic rings. The van der Waals surface area contributed by atoms with E-state index in [9.17, 15) is 9.59 Å². The number of unbranched alkanes of at least 4 members (excludes halogenated alkanes) is 1. The first-order valence-electron chi connectivity index (χ1n) is 5.60. The maximum absolute atomic E-state index is 10.9. The SMILES string of the molecule is NCCCCNc1cc(C(=O)O)cc(C(=O)O)c1. The normalized spacial score (nSPS) is 10.1. The molecule has 18 heavy (non-hydrogen) atoms. The lowest BCUT2D eigenvalue weighted by atomic mass is 10.1. The van der Waals surface area contributed by atoms with Crippen molar-refractivity contribution in [3.63, 3.8) is 0 Å². The molecule has 0 saturated heterocycles. The fourth-order valence-electron chi connectivity index (χ4n) is 1.48. The van der Waals surface area contributed by atoms with E-state index in [2.05, 4.69) is 5.32 Å². The Morgan fingerprint density at radius 3 is 2.06 bits per heavy atom. The Balaban J connectivity index is 2.83. The Kier molecular flexibility index (Phi) is 5.13. The quantitative estimate of drug-likeness (QED) is 0.543. The van der Waals surface area contributed by atoms with E-state index in [1.807, 2.05) is 0 Å². The van der Waals surface area contributed by atoms with Gasteiger partial charge >= 0.3 is 11.9 Å². The van der Waals surface area contributed by atoms with E-state index in [4.69, 9.17) is 15.9 Å². The number of carbonyl (C=O) groups is 2. The van der Waals surface area contributed by atoms with Gasteiger partial charge in [-0.25, -0.2) is 9.59 Å². The molecule has 6 nitrogen and oxygen atoms in total. The molecule has 98 valence electrons. The van der Waals surface area contributed by atoms with E-state index in [0.717, 1.165) is 18.9 Å². The van der Waals surface area contributed by atoms with Gasteiger partial charge in [-0.05, 0) is 37.6 Å². The summed E-state index contributed by atoms with van der Waals surface area (Å²) in [5, 5.41) is 20.8. The number of anilines is 1. The zero-order chi connectivity index (χ0) is 13.5. The third-order valence-corrected chi connectivity index (χ3v) is 2.39. The second kappa shape index (κ2) is 6.61. The fraction of sp³-hybridized carbons (Fsp3) is 0.333. The van der Waals surface area contributed by atoms with Gasteiger partial charge in [0, 0.05) is 12.2 Å². The molecular formula is C12H16N2O4. The molecule has 0 saturated carbocycles. The van der Waals surface area contributed by atoms with Crippen LogP contribution in [0.1, 0.15) is 33.6 Å². The van der Waals surface area contributed by atoms with Crippen molar-refractivity contribution in [3.8, 4) is 0 Å². The lowest BCUT2D eigenvalue weighted by Crippen LogP contribution is -2.08. The molecule has 6 heteroatoms. The highest BCUT2D eigenvalue weighted by molar-refractivity contribution is 5.95. The molecule has 0 bridgehead atoms. The third kappa shape index (κ3) is 4.06. The average molecular weight is 252 g/mol. The van der Waals surface area contributed by atoms with Crippen LogP contribution in [0.3, 0.4) is 0 Å². The first-order chi connectivity index (χ1) is 8.54. The summed E-state index contributed by atoms with van der Waals surface area (Å²) in [6.45, 7) is 1.22. The van der Waals surface area contributed by atoms with Crippen molar-refractivity contribution in [1.29, 1.82) is 0 Å². The van der Waals surface area contributed by atoms with Crippen LogP contribution in [0.25, 0.3) is 0 Å².